The number of ether oxygens (including phenoxy) is 1. The van der Waals surface area contributed by atoms with Crippen molar-refractivity contribution in [1.29, 1.82) is 0 Å². The van der Waals surface area contributed by atoms with Gasteiger partial charge < -0.3 is 15.4 Å². The van der Waals surface area contributed by atoms with Crippen molar-refractivity contribution in [2.45, 2.75) is 32.4 Å². The fraction of sp³-hybridized carbons (Fsp3) is 0.353. The average Bonchev–Trinajstić information content (AvgIpc) is 3.03. The molecule has 0 bridgehead atoms. The Hall–Kier alpha value is -2.01. The minimum atomic E-state index is -0.0860. The lowest BCUT2D eigenvalue weighted by Gasteiger charge is -2.24. The molecule has 0 saturated heterocycles. The number of hydrogen-bond acceptors (Lipinski definition) is 5. The van der Waals surface area contributed by atoms with Crippen molar-refractivity contribution in [3.05, 3.63) is 41.3 Å². The summed E-state index contributed by atoms with van der Waals surface area (Å²) in [7, 11) is 2.09. The van der Waals surface area contributed by atoms with E-state index in [4.69, 9.17) is 10.5 Å². The Morgan fingerprint density at radius 1 is 1.36 bits per heavy atom. The van der Waals surface area contributed by atoms with E-state index in [9.17, 15) is 0 Å². The molecule has 0 radical (unpaired) electrons. The highest BCUT2D eigenvalue weighted by atomic mass is 32.1. The number of hydrogen-bond donors (Lipinski definition) is 1. The fourth-order valence-corrected chi connectivity index (χ4v) is 3.28. The number of thiophene rings is 1. The smallest absolute Gasteiger partial charge is 0.156 e. The Morgan fingerprint density at radius 3 is 2.95 bits per heavy atom. The molecule has 1 aliphatic rings. The van der Waals surface area contributed by atoms with E-state index >= 15 is 0 Å². The molecule has 1 unspecified atom stereocenters. The van der Waals surface area contributed by atoms with Gasteiger partial charge in [-0.3, -0.25) is 0 Å². The molecule has 1 aromatic carbocycles. The molecule has 1 aromatic heterocycles. The van der Waals surface area contributed by atoms with Crippen LogP contribution in [-0.2, 0) is 6.54 Å². The minimum absolute atomic E-state index is 0.0860. The van der Waals surface area contributed by atoms with Crippen LogP contribution in [0.1, 0.15) is 25.3 Å². The van der Waals surface area contributed by atoms with Crippen LogP contribution in [0.2, 0.25) is 0 Å². The summed E-state index contributed by atoms with van der Waals surface area (Å²) in [5, 5.41) is 3.34. The lowest BCUT2D eigenvalue weighted by molar-refractivity contribution is 0.249. The van der Waals surface area contributed by atoms with Gasteiger partial charge in [-0.2, -0.15) is 0 Å². The standard InChI is InChI=1S/C17H21N3OS/c1-3-5-15-17(18)19-13-10-12(7-8-14(13)21-15)11-20(2)16-6-4-9-22-16/h4,6-10,15H,3,5,11H2,1-2H3,(H2,18,19). The highest BCUT2D eigenvalue weighted by Crippen LogP contribution is 2.34. The highest BCUT2D eigenvalue weighted by Gasteiger charge is 2.21. The second-order valence-corrected chi connectivity index (χ2v) is 6.47. The van der Waals surface area contributed by atoms with E-state index in [0.717, 1.165) is 30.8 Å². The van der Waals surface area contributed by atoms with E-state index < -0.39 is 0 Å². The SMILES string of the molecule is CCCC1Oc2ccc(CN(C)c3cccs3)cc2N=C1N. The van der Waals surface area contributed by atoms with Crippen LogP contribution < -0.4 is 15.4 Å². The summed E-state index contributed by atoms with van der Waals surface area (Å²) in [6.07, 6.45) is 1.84. The first-order valence-corrected chi connectivity index (χ1v) is 8.43. The van der Waals surface area contributed by atoms with Gasteiger partial charge in [0.25, 0.3) is 0 Å². The number of aliphatic imine (C=N–C) groups is 1. The molecule has 0 saturated carbocycles. The number of nitrogens with two attached hydrogens (primary N) is 1. The van der Waals surface area contributed by atoms with Gasteiger partial charge in [0.05, 0.1) is 5.00 Å². The monoisotopic (exact) mass is 315 g/mol. The fourth-order valence-electron chi connectivity index (χ4n) is 2.58. The van der Waals surface area contributed by atoms with Crippen LogP contribution >= 0.6 is 11.3 Å². The van der Waals surface area contributed by atoms with Crippen LogP contribution in [0, 0.1) is 0 Å². The van der Waals surface area contributed by atoms with Crippen molar-refractivity contribution in [2.75, 3.05) is 11.9 Å². The third-order valence-corrected chi connectivity index (χ3v) is 4.71. The van der Waals surface area contributed by atoms with Gasteiger partial charge in [0.2, 0.25) is 0 Å². The van der Waals surface area contributed by atoms with E-state index in [-0.39, 0.29) is 6.10 Å². The van der Waals surface area contributed by atoms with Crippen LogP contribution in [0.4, 0.5) is 10.7 Å². The van der Waals surface area contributed by atoms with Crippen molar-refractivity contribution >= 4 is 27.9 Å². The van der Waals surface area contributed by atoms with E-state index in [2.05, 4.69) is 53.5 Å². The van der Waals surface area contributed by atoms with Gasteiger partial charge in [-0.15, -0.1) is 11.3 Å². The number of anilines is 1. The third-order valence-electron chi connectivity index (χ3n) is 3.73. The molecule has 1 aliphatic heterocycles. The van der Waals surface area contributed by atoms with Crippen molar-refractivity contribution in [1.82, 2.24) is 0 Å². The maximum absolute atomic E-state index is 6.02. The van der Waals surface area contributed by atoms with Gasteiger partial charge in [0.1, 0.15) is 17.3 Å². The first-order chi connectivity index (χ1) is 10.7. The molecule has 2 N–H and O–H groups in total. The predicted molar refractivity (Wildman–Crippen MR) is 93.5 cm³/mol. The average molecular weight is 315 g/mol. The van der Waals surface area contributed by atoms with Crippen LogP contribution in [0.3, 0.4) is 0 Å². The topological polar surface area (TPSA) is 50.8 Å². The Bertz CT molecular complexity index is 667. The first kappa shape index (κ1) is 14.9. The Labute approximate surface area is 135 Å². The summed E-state index contributed by atoms with van der Waals surface area (Å²) in [5.41, 5.74) is 8.06. The Balaban J connectivity index is 1.78. The van der Waals surface area contributed by atoms with Gasteiger partial charge in [-0.1, -0.05) is 19.4 Å². The zero-order chi connectivity index (χ0) is 15.5. The minimum Gasteiger partial charge on any atom is -0.480 e. The molecular formula is C17H21N3OS. The van der Waals surface area contributed by atoms with E-state index in [0.29, 0.717) is 5.84 Å². The number of benzene rings is 1. The maximum atomic E-state index is 6.02. The summed E-state index contributed by atoms with van der Waals surface area (Å²) in [6, 6.07) is 10.4. The molecule has 0 aliphatic carbocycles. The zero-order valence-electron chi connectivity index (χ0n) is 13.0. The molecule has 4 nitrogen and oxygen atoms in total. The van der Waals surface area contributed by atoms with Crippen LogP contribution in [0.5, 0.6) is 5.75 Å². The van der Waals surface area contributed by atoms with Gasteiger partial charge in [0.15, 0.2) is 6.10 Å². The molecule has 2 aromatic rings. The summed E-state index contributed by atoms with van der Waals surface area (Å²) in [4.78, 5) is 6.76. The van der Waals surface area contributed by atoms with Crippen LogP contribution in [0.25, 0.3) is 0 Å². The molecule has 3 rings (SSSR count). The second kappa shape index (κ2) is 6.40. The predicted octanol–water partition coefficient (Wildman–Crippen LogP) is 3.93. The molecule has 1 atom stereocenters. The molecule has 2 heterocycles. The lowest BCUT2D eigenvalue weighted by Crippen LogP contribution is -2.35. The van der Waals surface area contributed by atoms with E-state index in [1.54, 1.807) is 11.3 Å². The van der Waals surface area contributed by atoms with Crippen molar-refractivity contribution < 1.29 is 4.74 Å². The Kier molecular flexibility index (Phi) is 4.34. The largest absolute Gasteiger partial charge is 0.480 e. The summed E-state index contributed by atoms with van der Waals surface area (Å²) in [5.74, 6) is 1.41. The maximum Gasteiger partial charge on any atom is 0.156 e. The quantitative estimate of drug-likeness (QED) is 0.909. The first-order valence-electron chi connectivity index (χ1n) is 7.55. The summed E-state index contributed by atoms with van der Waals surface area (Å²) >= 11 is 1.74. The molecule has 0 spiro atoms. The molecule has 0 amide bonds. The van der Waals surface area contributed by atoms with Gasteiger partial charge in [-0.25, -0.2) is 4.99 Å². The van der Waals surface area contributed by atoms with Gasteiger partial charge in [-0.05, 0) is 41.6 Å². The van der Waals surface area contributed by atoms with E-state index in [1.165, 1.54) is 10.6 Å². The number of fused-ring (bicyclic) bond motifs is 1. The third kappa shape index (κ3) is 3.09. The van der Waals surface area contributed by atoms with Gasteiger partial charge in [0, 0.05) is 13.6 Å². The van der Waals surface area contributed by atoms with Crippen molar-refractivity contribution in [2.24, 2.45) is 10.7 Å². The molecule has 0 fully saturated rings. The highest BCUT2D eigenvalue weighted by molar-refractivity contribution is 7.14. The normalized spacial score (nSPS) is 16.6. The van der Waals surface area contributed by atoms with Crippen LogP contribution in [0.15, 0.2) is 40.7 Å². The van der Waals surface area contributed by atoms with Crippen LogP contribution in [-0.4, -0.2) is 19.0 Å². The number of nitrogens with zero attached hydrogens (tertiary/aromatic N) is 2. The second-order valence-electron chi connectivity index (χ2n) is 5.54. The number of rotatable bonds is 5. The number of amidine groups is 1. The summed E-state index contributed by atoms with van der Waals surface area (Å²) in [6.45, 7) is 2.96. The zero-order valence-corrected chi connectivity index (χ0v) is 13.8. The van der Waals surface area contributed by atoms with Crippen molar-refractivity contribution in [3.8, 4) is 5.75 Å². The van der Waals surface area contributed by atoms with Crippen molar-refractivity contribution in [3.63, 3.8) is 0 Å². The molecule has 22 heavy (non-hydrogen) atoms. The Morgan fingerprint density at radius 2 is 2.23 bits per heavy atom. The summed E-state index contributed by atoms with van der Waals surface area (Å²) < 4.78 is 5.95. The van der Waals surface area contributed by atoms with Gasteiger partial charge >= 0.3 is 0 Å². The molecule has 5 heteroatoms. The van der Waals surface area contributed by atoms with E-state index in [1.807, 2.05) is 6.07 Å². The molecular weight excluding hydrogens is 294 g/mol. The molecule has 116 valence electrons. The lowest BCUT2D eigenvalue weighted by atomic mass is 10.1.